The first kappa shape index (κ1) is 7.04. The number of hydrogen-bond acceptors (Lipinski definition) is 2. The van der Waals surface area contributed by atoms with E-state index >= 15 is 0 Å². The maximum Gasteiger partial charge on any atom is 0.116 e. The first-order valence-corrected chi connectivity index (χ1v) is 4.79. The SMILES string of the molecule is Oc1ccc2c(c1)SCCC2. The van der Waals surface area contributed by atoms with E-state index in [2.05, 4.69) is 0 Å². The van der Waals surface area contributed by atoms with Gasteiger partial charge in [0, 0.05) is 4.90 Å². The highest BCUT2D eigenvalue weighted by Crippen LogP contribution is 2.32. The van der Waals surface area contributed by atoms with Crippen molar-refractivity contribution >= 4 is 11.8 Å². The van der Waals surface area contributed by atoms with Crippen LogP contribution in [0.25, 0.3) is 0 Å². The van der Waals surface area contributed by atoms with E-state index in [0.717, 1.165) is 0 Å². The Morgan fingerprint density at radius 3 is 3.18 bits per heavy atom. The molecule has 0 spiro atoms. The van der Waals surface area contributed by atoms with Gasteiger partial charge in [0.05, 0.1) is 0 Å². The molecule has 11 heavy (non-hydrogen) atoms. The maximum atomic E-state index is 9.17. The summed E-state index contributed by atoms with van der Waals surface area (Å²) in [6.45, 7) is 0. The van der Waals surface area contributed by atoms with E-state index in [-0.39, 0.29) is 0 Å². The van der Waals surface area contributed by atoms with Crippen molar-refractivity contribution in [1.82, 2.24) is 0 Å². The molecule has 2 heteroatoms. The molecule has 0 fully saturated rings. The highest BCUT2D eigenvalue weighted by atomic mass is 32.2. The van der Waals surface area contributed by atoms with Crippen LogP contribution in [0.3, 0.4) is 0 Å². The fourth-order valence-electron chi connectivity index (χ4n) is 1.33. The van der Waals surface area contributed by atoms with Crippen LogP contribution in [0.4, 0.5) is 0 Å². The zero-order chi connectivity index (χ0) is 7.68. The predicted octanol–water partition coefficient (Wildman–Crippen LogP) is 2.43. The fourth-order valence-corrected chi connectivity index (χ4v) is 2.40. The van der Waals surface area contributed by atoms with Crippen molar-refractivity contribution in [2.24, 2.45) is 0 Å². The third-order valence-electron chi connectivity index (χ3n) is 1.90. The molecule has 0 saturated heterocycles. The van der Waals surface area contributed by atoms with Gasteiger partial charge >= 0.3 is 0 Å². The largest absolute Gasteiger partial charge is 0.508 e. The second-order valence-corrected chi connectivity index (χ2v) is 3.88. The molecule has 1 aromatic carbocycles. The van der Waals surface area contributed by atoms with E-state index in [1.54, 1.807) is 6.07 Å². The van der Waals surface area contributed by atoms with Crippen LogP contribution < -0.4 is 0 Å². The molecule has 1 aliphatic rings. The monoisotopic (exact) mass is 166 g/mol. The molecular formula is C9H10OS. The Labute approximate surface area is 70.4 Å². The Bertz CT molecular complexity index is 270. The van der Waals surface area contributed by atoms with Crippen LogP contribution in [-0.4, -0.2) is 10.9 Å². The number of aromatic hydroxyl groups is 1. The summed E-state index contributed by atoms with van der Waals surface area (Å²) in [5, 5.41) is 9.17. The summed E-state index contributed by atoms with van der Waals surface area (Å²) in [7, 11) is 0. The van der Waals surface area contributed by atoms with Crippen LogP contribution in [0.15, 0.2) is 23.1 Å². The quantitative estimate of drug-likeness (QED) is 0.638. The van der Waals surface area contributed by atoms with Crippen LogP contribution in [0.5, 0.6) is 5.75 Å². The van der Waals surface area contributed by atoms with Gasteiger partial charge in [0.2, 0.25) is 0 Å². The lowest BCUT2D eigenvalue weighted by atomic mass is 10.1. The summed E-state index contributed by atoms with van der Waals surface area (Å²) in [4.78, 5) is 1.26. The molecule has 0 atom stereocenters. The Balaban J connectivity index is 2.43. The van der Waals surface area contributed by atoms with E-state index in [1.165, 1.54) is 29.1 Å². The van der Waals surface area contributed by atoms with E-state index < -0.39 is 0 Å². The lowest BCUT2D eigenvalue weighted by Crippen LogP contribution is -1.96. The normalized spacial score (nSPS) is 16.0. The molecule has 0 amide bonds. The van der Waals surface area contributed by atoms with Gasteiger partial charge in [-0.1, -0.05) is 6.07 Å². The third-order valence-corrected chi connectivity index (χ3v) is 3.08. The van der Waals surface area contributed by atoms with Crippen LogP contribution in [0, 0.1) is 0 Å². The molecule has 58 valence electrons. The number of fused-ring (bicyclic) bond motifs is 1. The Kier molecular flexibility index (Phi) is 1.78. The molecular weight excluding hydrogens is 156 g/mol. The lowest BCUT2D eigenvalue weighted by Gasteiger charge is -2.14. The topological polar surface area (TPSA) is 20.2 Å². The minimum atomic E-state index is 0.387. The average Bonchev–Trinajstić information content (AvgIpc) is 2.04. The Morgan fingerprint density at radius 1 is 1.36 bits per heavy atom. The number of thioether (sulfide) groups is 1. The minimum absolute atomic E-state index is 0.387. The van der Waals surface area contributed by atoms with Gasteiger partial charge < -0.3 is 5.11 Å². The lowest BCUT2D eigenvalue weighted by molar-refractivity contribution is 0.473. The molecule has 2 rings (SSSR count). The first-order valence-electron chi connectivity index (χ1n) is 3.81. The summed E-state index contributed by atoms with van der Waals surface area (Å²) >= 11 is 1.84. The molecule has 0 aliphatic carbocycles. The molecule has 1 N–H and O–H groups in total. The number of benzene rings is 1. The molecule has 0 aromatic heterocycles. The number of phenols is 1. The molecule has 1 heterocycles. The summed E-state index contributed by atoms with van der Waals surface area (Å²) in [6, 6.07) is 5.65. The Morgan fingerprint density at radius 2 is 2.27 bits per heavy atom. The summed E-state index contributed by atoms with van der Waals surface area (Å²) in [5.74, 6) is 1.58. The van der Waals surface area contributed by atoms with E-state index in [9.17, 15) is 5.11 Å². The van der Waals surface area contributed by atoms with Crippen LogP contribution in [0.1, 0.15) is 12.0 Å². The first-order chi connectivity index (χ1) is 5.36. The van der Waals surface area contributed by atoms with Gasteiger partial charge in [-0.25, -0.2) is 0 Å². The average molecular weight is 166 g/mol. The maximum absolute atomic E-state index is 9.17. The van der Waals surface area contributed by atoms with Gasteiger partial charge in [-0.3, -0.25) is 0 Å². The van der Waals surface area contributed by atoms with Gasteiger partial charge in [0.15, 0.2) is 0 Å². The third kappa shape index (κ3) is 1.36. The molecule has 1 aliphatic heterocycles. The minimum Gasteiger partial charge on any atom is -0.508 e. The van der Waals surface area contributed by atoms with Gasteiger partial charge in [0.1, 0.15) is 5.75 Å². The number of phenolic OH excluding ortho intramolecular Hbond substituents is 1. The summed E-state index contributed by atoms with van der Waals surface area (Å²) in [5.41, 5.74) is 1.39. The summed E-state index contributed by atoms with van der Waals surface area (Å²) in [6.07, 6.45) is 2.44. The number of rotatable bonds is 0. The van der Waals surface area contributed by atoms with Crippen molar-refractivity contribution in [2.45, 2.75) is 17.7 Å². The molecule has 0 bridgehead atoms. The smallest absolute Gasteiger partial charge is 0.116 e. The van der Waals surface area contributed by atoms with Crippen LogP contribution >= 0.6 is 11.8 Å². The standard InChI is InChI=1S/C9H10OS/c10-8-4-3-7-2-1-5-11-9(7)6-8/h3-4,6,10H,1-2,5H2. The predicted molar refractivity (Wildman–Crippen MR) is 47.2 cm³/mol. The van der Waals surface area contributed by atoms with Gasteiger partial charge in [-0.2, -0.15) is 0 Å². The van der Waals surface area contributed by atoms with Crippen molar-refractivity contribution in [3.63, 3.8) is 0 Å². The number of aryl methyl sites for hydroxylation is 1. The molecule has 0 saturated carbocycles. The van der Waals surface area contributed by atoms with E-state index in [4.69, 9.17) is 0 Å². The van der Waals surface area contributed by atoms with E-state index in [1.807, 2.05) is 23.9 Å². The summed E-state index contributed by atoms with van der Waals surface area (Å²) < 4.78 is 0. The second kappa shape index (κ2) is 2.78. The zero-order valence-electron chi connectivity index (χ0n) is 6.21. The molecule has 0 unspecified atom stereocenters. The highest BCUT2D eigenvalue weighted by Gasteiger charge is 2.08. The molecule has 1 aromatic rings. The van der Waals surface area contributed by atoms with Crippen molar-refractivity contribution in [3.05, 3.63) is 23.8 Å². The van der Waals surface area contributed by atoms with Crippen LogP contribution in [0.2, 0.25) is 0 Å². The van der Waals surface area contributed by atoms with Crippen molar-refractivity contribution in [3.8, 4) is 5.75 Å². The number of hydrogen-bond donors (Lipinski definition) is 1. The van der Waals surface area contributed by atoms with Gasteiger partial charge in [0.25, 0.3) is 0 Å². The van der Waals surface area contributed by atoms with Crippen molar-refractivity contribution in [1.29, 1.82) is 0 Å². The van der Waals surface area contributed by atoms with Gasteiger partial charge in [-0.15, -0.1) is 11.8 Å². The molecule has 0 radical (unpaired) electrons. The Hall–Kier alpha value is -0.630. The molecule has 1 nitrogen and oxygen atoms in total. The van der Waals surface area contributed by atoms with Gasteiger partial charge in [-0.05, 0) is 36.3 Å². The second-order valence-electron chi connectivity index (χ2n) is 2.74. The zero-order valence-corrected chi connectivity index (χ0v) is 7.03. The fraction of sp³-hybridized carbons (Fsp3) is 0.333. The van der Waals surface area contributed by atoms with E-state index in [0.29, 0.717) is 5.75 Å². The van der Waals surface area contributed by atoms with Crippen molar-refractivity contribution in [2.75, 3.05) is 5.75 Å². The van der Waals surface area contributed by atoms with Crippen molar-refractivity contribution < 1.29 is 5.11 Å². The van der Waals surface area contributed by atoms with Crippen LogP contribution in [-0.2, 0) is 6.42 Å². The highest BCUT2D eigenvalue weighted by molar-refractivity contribution is 7.99.